The minimum absolute atomic E-state index is 0.0135. The summed E-state index contributed by atoms with van der Waals surface area (Å²) < 4.78 is 0.672. The highest BCUT2D eigenvalue weighted by atomic mass is 35.5. The second-order valence-electron chi connectivity index (χ2n) is 3.67. The van der Waals surface area contributed by atoms with Gasteiger partial charge in [0, 0.05) is 10.3 Å². The van der Waals surface area contributed by atoms with Crippen LogP contribution in [0.3, 0.4) is 0 Å². The molecule has 20 heavy (non-hydrogen) atoms. The van der Waals surface area contributed by atoms with E-state index in [1.807, 2.05) is 6.07 Å². The van der Waals surface area contributed by atoms with Crippen molar-refractivity contribution in [3.8, 4) is 0 Å². The van der Waals surface area contributed by atoms with Crippen molar-refractivity contribution >= 4 is 46.3 Å². The molecule has 0 aromatic carbocycles. The molecule has 0 spiro atoms. The Balaban J connectivity index is 1.75. The van der Waals surface area contributed by atoms with Crippen LogP contribution in [0.15, 0.2) is 17.5 Å². The summed E-state index contributed by atoms with van der Waals surface area (Å²) in [4.78, 5) is 27.0. The van der Waals surface area contributed by atoms with Crippen LogP contribution in [0.2, 0.25) is 4.34 Å². The summed E-state index contributed by atoms with van der Waals surface area (Å²) in [6.07, 6.45) is 0. The number of aromatic nitrogens is 1. The number of nitrogens with one attached hydrogen (secondary N) is 2. The van der Waals surface area contributed by atoms with Crippen molar-refractivity contribution in [1.82, 2.24) is 15.6 Å². The second kappa shape index (κ2) is 6.69. The van der Waals surface area contributed by atoms with Crippen LogP contribution in [0.5, 0.6) is 0 Å². The van der Waals surface area contributed by atoms with Crippen molar-refractivity contribution in [1.29, 1.82) is 0 Å². The molecule has 2 heterocycles. The van der Waals surface area contributed by atoms with E-state index in [0.717, 1.165) is 4.88 Å². The Morgan fingerprint density at radius 2 is 2.05 bits per heavy atom. The van der Waals surface area contributed by atoms with Gasteiger partial charge >= 0.3 is 12.0 Å². The minimum Gasteiger partial charge on any atom is -0.476 e. The molecule has 2 rings (SSSR count). The maximum Gasteiger partial charge on any atom is 0.355 e. The van der Waals surface area contributed by atoms with Crippen molar-refractivity contribution in [2.24, 2.45) is 0 Å². The maximum atomic E-state index is 11.5. The van der Waals surface area contributed by atoms with Crippen LogP contribution in [0.4, 0.5) is 4.79 Å². The summed E-state index contributed by atoms with van der Waals surface area (Å²) in [5, 5.41) is 16.0. The SMILES string of the molecule is O=C(NCc1ccc(Cl)s1)NCc1nc(C(=O)O)cs1. The fourth-order valence-electron chi connectivity index (χ4n) is 1.32. The molecule has 9 heteroatoms. The zero-order valence-electron chi connectivity index (χ0n) is 10.1. The van der Waals surface area contributed by atoms with Crippen molar-refractivity contribution in [3.05, 3.63) is 37.4 Å². The zero-order chi connectivity index (χ0) is 14.5. The lowest BCUT2D eigenvalue weighted by Gasteiger charge is -2.04. The Bertz CT molecular complexity index is 626. The predicted molar refractivity (Wildman–Crippen MR) is 77.5 cm³/mol. The van der Waals surface area contributed by atoms with Gasteiger partial charge in [0.2, 0.25) is 0 Å². The van der Waals surface area contributed by atoms with Crippen LogP contribution in [-0.2, 0) is 13.1 Å². The Kier molecular flexibility index (Phi) is 4.94. The van der Waals surface area contributed by atoms with Crippen molar-refractivity contribution in [3.63, 3.8) is 0 Å². The molecule has 0 aliphatic carbocycles. The van der Waals surface area contributed by atoms with Crippen molar-refractivity contribution in [2.75, 3.05) is 0 Å². The largest absolute Gasteiger partial charge is 0.476 e. The molecule has 106 valence electrons. The van der Waals surface area contributed by atoms with Gasteiger partial charge in [-0.05, 0) is 12.1 Å². The van der Waals surface area contributed by atoms with E-state index in [9.17, 15) is 9.59 Å². The molecular formula is C11H10ClN3O3S2. The van der Waals surface area contributed by atoms with Gasteiger partial charge in [-0.15, -0.1) is 22.7 Å². The number of aromatic carboxylic acids is 1. The van der Waals surface area contributed by atoms with Gasteiger partial charge in [-0.3, -0.25) is 0 Å². The molecule has 0 saturated heterocycles. The van der Waals surface area contributed by atoms with Gasteiger partial charge in [-0.1, -0.05) is 11.6 Å². The van der Waals surface area contributed by atoms with Crippen LogP contribution in [-0.4, -0.2) is 22.1 Å². The first-order valence-electron chi connectivity index (χ1n) is 5.48. The number of carboxylic acid groups (broad SMARTS) is 1. The minimum atomic E-state index is -1.08. The first kappa shape index (κ1) is 14.8. The molecule has 2 amide bonds. The van der Waals surface area contributed by atoms with Gasteiger partial charge in [0.25, 0.3) is 0 Å². The van der Waals surface area contributed by atoms with Crippen LogP contribution in [0.25, 0.3) is 0 Å². The quantitative estimate of drug-likeness (QED) is 0.785. The number of rotatable bonds is 5. The molecule has 0 atom stereocenters. The summed E-state index contributed by atoms with van der Waals surface area (Å²) in [6, 6.07) is 3.26. The lowest BCUT2D eigenvalue weighted by Crippen LogP contribution is -2.34. The number of hydrogen-bond acceptors (Lipinski definition) is 5. The van der Waals surface area contributed by atoms with Gasteiger partial charge in [0.15, 0.2) is 5.69 Å². The number of thiazole rings is 1. The molecule has 0 fully saturated rings. The normalized spacial score (nSPS) is 10.2. The molecule has 0 unspecified atom stereocenters. The first-order valence-corrected chi connectivity index (χ1v) is 7.55. The fourth-order valence-corrected chi connectivity index (χ4v) is 3.06. The van der Waals surface area contributed by atoms with Crippen LogP contribution in [0.1, 0.15) is 20.4 Å². The monoisotopic (exact) mass is 331 g/mol. The number of carboxylic acids is 1. The van der Waals surface area contributed by atoms with Gasteiger partial charge < -0.3 is 15.7 Å². The highest BCUT2D eigenvalue weighted by Crippen LogP contribution is 2.20. The molecule has 0 aliphatic heterocycles. The third-order valence-corrected chi connectivity index (χ3v) is 4.30. The van der Waals surface area contributed by atoms with E-state index in [1.54, 1.807) is 6.07 Å². The molecule has 0 radical (unpaired) electrons. The molecule has 0 bridgehead atoms. The predicted octanol–water partition coefficient (Wildman–Crippen LogP) is 2.56. The smallest absolute Gasteiger partial charge is 0.355 e. The van der Waals surface area contributed by atoms with E-state index in [1.165, 1.54) is 28.1 Å². The molecule has 0 saturated carbocycles. The summed E-state index contributed by atoms with van der Waals surface area (Å²) >= 11 is 8.37. The highest BCUT2D eigenvalue weighted by Gasteiger charge is 2.09. The van der Waals surface area contributed by atoms with E-state index < -0.39 is 5.97 Å². The van der Waals surface area contributed by atoms with E-state index in [4.69, 9.17) is 16.7 Å². The van der Waals surface area contributed by atoms with Gasteiger partial charge in [-0.25, -0.2) is 14.6 Å². The average molecular weight is 332 g/mol. The third kappa shape index (κ3) is 4.19. The Morgan fingerprint density at radius 3 is 2.65 bits per heavy atom. The number of hydrogen-bond donors (Lipinski definition) is 3. The molecule has 2 aromatic rings. The number of nitrogens with zero attached hydrogens (tertiary/aromatic N) is 1. The molecule has 2 aromatic heterocycles. The van der Waals surface area contributed by atoms with E-state index in [2.05, 4.69) is 15.6 Å². The Morgan fingerprint density at radius 1 is 1.30 bits per heavy atom. The number of urea groups is 1. The van der Waals surface area contributed by atoms with Crippen LogP contribution in [0, 0.1) is 0 Å². The molecule has 3 N–H and O–H groups in total. The van der Waals surface area contributed by atoms with Gasteiger partial charge in [0.05, 0.1) is 17.4 Å². The summed E-state index contributed by atoms with van der Waals surface area (Å²) in [5.74, 6) is -1.08. The number of halogens is 1. The topological polar surface area (TPSA) is 91.3 Å². The Labute approximate surface area is 127 Å². The fraction of sp³-hybridized carbons (Fsp3) is 0.182. The Hall–Kier alpha value is -1.64. The van der Waals surface area contributed by atoms with Crippen molar-refractivity contribution in [2.45, 2.75) is 13.1 Å². The molecular weight excluding hydrogens is 322 g/mol. The number of amides is 2. The van der Waals surface area contributed by atoms with Crippen LogP contribution >= 0.6 is 34.3 Å². The first-order chi connectivity index (χ1) is 9.54. The number of carbonyl (C=O) groups excluding carboxylic acids is 1. The lowest BCUT2D eigenvalue weighted by molar-refractivity contribution is 0.0691. The summed E-state index contributed by atoms with van der Waals surface area (Å²) in [6.45, 7) is 0.580. The van der Waals surface area contributed by atoms with Crippen LogP contribution < -0.4 is 10.6 Å². The maximum absolute atomic E-state index is 11.5. The van der Waals surface area contributed by atoms with E-state index >= 15 is 0 Å². The van der Waals surface area contributed by atoms with Crippen molar-refractivity contribution < 1.29 is 14.7 Å². The summed E-state index contributed by atoms with van der Waals surface area (Å²) in [7, 11) is 0. The van der Waals surface area contributed by atoms with E-state index in [-0.39, 0.29) is 18.3 Å². The average Bonchev–Trinajstić information content (AvgIpc) is 3.03. The summed E-state index contributed by atoms with van der Waals surface area (Å²) in [5.41, 5.74) is -0.0135. The standard InChI is InChI=1S/C11H10ClN3O3S2/c12-8-2-1-6(20-8)3-13-11(18)14-4-9-15-7(5-19-9)10(16)17/h1-2,5H,3-4H2,(H,16,17)(H2,13,14,18). The molecule has 6 nitrogen and oxygen atoms in total. The highest BCUT2D eigenvalue weighted by molar-refractivity contribution is 7.16. The third-order valence-electron chi connectivity index (χ3n) is 2.22. The number of thiophene rings is 1. The van der Waals surface area contributed by atoms with Gasteiger partial charge in [-0.2, -0.15) is 0 Å². The lowest BCUT2D eigenvalue weighted by atomic mass is 10.5. The molecule has 0 aliphatic rings. The van der Waals surface area contributed by atoms with E-state index in [0.29, 0.717) is 15.9 Å². The van der Waals surface area contributed by atoms with Gasteiger partial charge in [0.1, 0.15) is 5.01 Å². The number of carbonyl (C=O) groups is 2. The zero-order valence-corrected chi connectivity index (χ0v) is 12.4. The second-order valence-corrected chi connectivity index (χ2v) is 6.42.